The van der Waals surface area contributed by atoms with Gasteiger partial charge in [0.25, 0.3) is 0 Å². The van der Waals surface area contributed by atoms with Crippen molar-refractivity contribution in [2.24, 2.45) is 4.52 Å². The summed E-state index contributed by atoms with van der Waals surface area (Å²) < 4.78 is 17.8. The lowest BCUT2D eigenvalue weighted by Gasteiger charge is -2.56. The number of rotatable bonds is 5. The third-order valence-corrected chi connectivity index (χ3v) is 12.0. The molecule has 4 fully saturated rings. The van der Waals surface area contributed by atoms with Crippen molar-refractivity contribution < 1.29 is 9.05 Å². The fraction of sp³-hybridized carbons (Fsp3) is 0.333. The van der Waals surface area contributed by atoms with Crippen LogP contribution < -0.4 is 9.05 Å². The molecule has 9 heteroatoms. The summed E-state index contributed by atoms with van der Waals surface area (Å²) in [5, 5.41) is 0. The normalized spacial score (nSPS) is 31.5. The summed E-state index contributed by atoms with van der Waals surface area (Å²) in [5.41, 5.74) is 0. The molecule has 0 spiro atoms. The van der Waals surface area contributed by atoms with Gasteiger partial charge in [0.05, 0.1) is 20.0 Å². The maximum atomic E-state index is 6.25. The highest BCUT2D eigenvalue weighted by Crippen LogP contribution is 2.66. The first-order valence-electron chi connectivity index (χ1n) is 8.97. The van der Waals surface area contributed by atoms with E-state index >= 15 is 0 Å². The van der Waals surface area contributed by atoms with Gasteiger partial charge in [0.15, 0.2) is 0 Å². The van der Waals surface area contributed by atoms with Gasteiger partial charge in [-0.15, -0.1) is 0 Å². The van der Waals surface area contributed by atoms with Gasteiger partial charge in [0.2, 0.25) is 0 Å². The van der Waals surface area contributed by atoms with Crippen molar-refractivity contribution in [3.05, 3.63) is 60.7 Å². The molecular weight excluding hydrogens is 398 g/mol. The Balaban J connectivity index is 1.52. The van der Waals surface area contributed by atoms with Gasteiger partial charge in [0.1, 0.15) is 11.5 Å². The fourth-order valence-electron chi connectivity index (χ4n) is 4.10. The van der Waals surface area contributed by atoms with Crippen molar-refractivity contribution in [1.29, 1.82) is 0 Å². The smallest absolute Gasteiger partial charge is 0.413 e. The highest BCUT2D eigenvalue weighted by molar-refractivity contribution is 8.11. The summed E-state index contributed by atoms with van der Waals surface area (Å²) in [6.07, 6.45) is 3.07. The molecular formula is C18H22N4O2P2S. The minimum absolute atomic E-state index is 0.718. The predicted octanol–water partition coefficient (Wildman–Crippen LogP) is 4.26. The molecule has 0 aromatic heterocycles. The molecule has 27 heavy (non-hydrogen) atoms. The topological polar surface area (TPSA) is 40.5 Å². The molecule has 142 valence electrons. The first-order valence-corrected chi connectivity index (χ1v) is 13.9. The molecule has 0 radical (unpaired) electrons. The lowest BCUT2D eigenvalue weighted by molar-refractivity contribution is -0.0265. The minimum atomic E-state index is -2.88. The molecule has 4 heterocycles. The van der Waals surface area contributed by atoms with Crippen LogP contribution in [-0.2, 0) is 11.8 Å². The summed E-state index contributed by atoms with van der Waals surface area (Å²) in [6.45, 7) is 0.228. The molecule has 6 rings (SSSR count). The Morgan fingerprint density at radius 1 is 0.741 bits per heavy atom. The van der Waals surface area contributed by atoms with Crippen LogP contribution in [0.4, 0.5) is 0 Å². The molecule has 4 saturated heterocycles. The third kappa shape index (κ3) is 3.86. The zero-order chi connectivity index (χ0) is 18.3. The minimum Gasteiger partial charge on any atom is -0.419 e. The molecule has 0 N–H and O–H groups in total. The van der Waals surface area contributed by atoms with Crippen molar-refractivity contribution in [1.82, 2.24) is 14.7 Å². The van der Waals surface area contributed by atoms with E-state index < -0.39 is 13.7 Å². The molecule has 0 atom stereocenters. The van der Waals surface area contributed by atoms with Crippen LogP contribution in [0.5, 0.6) is 11.5 Å². The SMILES string of the molecule is S=P(N=P12CN3CN(CN(C3)C1)C2)(Oc1ccccc1)Oc1ccccc1. The third-order valence-electron chi connectivity index (χ3n) is 4.82. The Labute approximate surface area is 165 Å². The van der Waals surface area contributed by atoms with E-state index in [9.17, 15) is 0 Å². The largest absolute Gasteiger partial charge is 0.419 e. The Hall–Kier alpha value is -1.20. The van der Waals surface area contributed by atoms with Crippen molar-refractivity contribution >= 4 is 25.5 Å². The van der Waals surface area contributed by atoms with Crippen LogP contribution in [0.3, 0.4) is 0 Å². The van der Waals surface area contributed by atoms with E-state index in [2.05, 4.69) is 14.7 Å². The van der Waals surface area contributed by atoms with Crippen molar-refractivity contribution in [2.75, 3.05) is 38.9 Å². The fourth-order valence-corrected chi connectivity index (χ4v) is 12.7. The Morgan fingerprint density at radius 3 is 1.56 bits per heavy atom. The van der Waals surface area contributed by atoms with Crippen molar-refractivity contribution in [3.8, 4) is 11.5 Å². The summed E-state index contributed by atoms with van der Waals surface area (Å²) >= 11 is 5.97. The maximum Gasteiger partial charge on any atom is 0.413 e. The summed E-state index contributed by atoms with van der Waals surface area (Å²) in [6, 6.07) is 19.4. The van der Waals surface area contributed by atoms with Gasteiger partial charge in [-0.2, -0.15) is 4.52 Å². The lowest BCUT2D eigenvalue weighted by atomic mass is 10.3. The lowest BCUT2D eigenvalue weighted by Crippen LogP contribution is -2.63. The van der Waals surface area contributed by atoms with Crippen LogP contribution in [-0.4, -0.2) is 53.6 Å². The predicted molar refractivity (Wildman–Crippen MR) is 112 cm³/mol. The molecule has 2 aromatic carbocycles. The van der Waals surface area contributed by atoms with Crippen molar-refractivity contribution in [3.63, 3.8) is 0 Å². The molecule has 0 unspecified atom stereocenters. The Bertz CT molecular complexity index is 838. The van der Waals surface area contributed by atoms with E-state index in [1.165, 1.54) is 0 Å². The van der Waals surface area contributed by atoms with E-state index in [1.54, 1.807) is 0 Å². The van der Waals surface area contributed by atoms with Crippen LogP contribution in [0, 0.1) is 0 Å². The van der Waals surface area contributed by atoms with Crippen molar-refractivity contribution in [2.45, 2.75) is 0 Å². The summed E-state index contributed by atoms with van der Waals surface area (Å²) in [4.78, 5) is 7.41. The Morgan fingerprint density at radius 2 is 1.15 bits per heavy atom. The Kier molecular flexibility index (Phi) is 4.63. The highest BCUT2D eigenvalue weighted by atomic mass is 32.5. The summed E-state index contributed by atoms with van der Waals surface area (Å²) in [5.74, 6) is 1.44. The van der Waals surface area contributed by atoms with Crippen LogP contribution >= 0.6 is 13.7 Å². The van der Waals surface area contributed by atoms with Gasteiger partial charge in [-0.1, -0.05) is 36.4 Å². The van der Waals surface area contributed by atoms with Gasteiger partial charge in [0, 0.05) is 37.7 Å². The standard InChI is InChI=1S/C18H22N4O2P2S/c27-26(23-17-7-3-1-4-8-17,24-18-9-5-2-6-10-18)19-25-14-20-11-21(15-25)13-22(12-20)16-25/h1-10H,11-16H2. The monoisotopic (exact) mass is 420 g/mol. The molecule has 2 aromatic rings. The number of hydrogen-bond donors (Lipinski definition) is 0. The van der Waals surface area contributed by atoms with E-state index in [0.717, 1.165) is 50.4 Å². The molecule has 0 saturated carbocycles. The number of nitrogens with zero attached hydrogens (tertiary/aromatic N) is 4. The van der Waals surface area contributed by atoms with Crippen LogP contribution in [0.1, 0.15) is 0 Å². The average Bonchev–Trinajstić information content (AvgIpc) is 2.61. The van der Waals surface area contributed by atoms with E-state index in [1.807, 2.05) is 60.7 Å². The molecule has 4 bridgehead atoms. The molecule has 4 aliphatic rings. The van der Waals surface area contributed by atoms with Gasteiger partial charge in [-0.3, -0.25) is 14.7 Å². The first-order chi connectivity index (χ1) is 13.1. The van der Waals surface area contributed by atoms with E-state index in [0.29, 0.717) is 0 Å². The van der Waals surface area contributed by atoms with Crippen LogP contribution in [0.15, 0.2) is 65.2 Å². The van der Waals surface area contributed by atoms with Crippen LogP contribution in [0.25, 0.3) is 0 Å². The number of para-hydroxylation sites is 2. The second-order valence-corrected chi connectivity index (χ2v) is 13.8. The van der Waals surface area contributed by atoms with Gasteiger partial charge in [-0.05, 0) is 24.3 Å². The zero-order valence-electron chi connectivity index (χ0n) is 14.9. The second-order valence-electron chi connectivity index (χ2n) is 7.32. The van der Waals surface area contributed by atoms with Gasteiger partial charge in [-0.25, -0.2) is 0 Å². The first kappa shape index (κ1) is 17.9. The van der Waals surface area contributed by atoms with Gasteiger partial charge >= 0.3 is 6.64 Å². The average molecular weight is 420 g/mol. The molecule has 0 amide bonds. The molecule has 4 aliphatic heterocycles. The number of hydrogen-bond acceptors (Lipinski definition) is 6. The highest BCUT2D eigenvalue weighted by Gasteiger charge is 2.45. The van der Waals surface area contributed by atoms with Crippen LogP contribution in [0.2, 0.25) is 0 Å². The second kappa shape index (κ2) is 7.00. The summed E-state index contributed by atoms with van der Waals surface area (Å²) in [7, 11) is -1.64. The molecule has 0 aliphatic carbocycles. The van der Waals surface area contributed by atoms with E-state index in [4.69, 9.17) is 25.4 Å². The number of benzene rings is 2. The van der Waals surface area contributed by atoms with Gasteiger partial charge < -0.3 is 9.05 Å². The van der Waals surface area contributed by atoms with E-state index in [-0.39, 0.29) is 0 Å². The molecule has 6 nitrogen and oxygen atoms in total. The zero-order valence-corrected chi connectivity index (χ0v) is 17.5. The quantitative estimate of drug-likeness (QED) is 0.674. The maximum absolute atomic E-state index is 6.25.